The van der Waals surface area contributed by atoms with Crippen LogP contribution in [0.4, 0.5) is 0 Å². The molecule has 1 amide bonds. The Kier molecular flexibility index (Phi) is 7.60. The van der Waals surface area contributed by atoms with Crippen LogP contribution in [0.3, 0.4) is 0 Å². The van der Waals surface area contributed by atoms with Gasteiger partial charge in [0, 0.05) is 19.5 Å². The predicted octanol–water partition coefficient (Wildman–Crippen LogP) is 1.98. The molecule has 0 fully saturated rings. The lowest BCUT2D eigenvalue weighted by molar-refractivity contribution is -0.145. The molecule has 0 aliphatic carbocycles. The van der Waals surface area contributed by atoms with Crippen LogP contribution in [0.5, 0.6) is 0 Å². The van der Waals surface area contributed by atoms with Crippen molar-refractivity contribution in [2.75, 3.05) is 13.7 Å². The molecule has 0 rings (SSSR count). The lowest BCUT2D eigenvalue weighted by Crippen LogP contribution is -2.36. The third kappa shape index (κ3) is 5.14. The molecular formula is C12H23NO3. The summed E-state index contributed by atoms with van der Waals surface area (Å²) in [6, 6.07) is 0.273. The van der Waals surface area contributed by atoms with Crippen molar-refractivity contribution in [2.45, 2.75) is 52.5 Å². The molecule has 0 aliphatic heterocycles. The van der Waals surface area contributed by atoms with Crippen molar-refractivity contribution in [3.63, 3.8) is 0 Å². The number of hydrogen-bond acceptors (Lipinski definition) is 3. The maximum Gasteiger partial charge on any atom is 0.306 e. The number of ether oxygens (including phenoxy) is 1. The molecule has 16 heavy (non-hydrogen) atoms. The van der Waals surface area contributed by atoms with Crippen molar-refractivity contribution in [2.24, 2.45) is 0 Å². The molecule has 4 heteroatoms. The smallest absolute Gasteiger partial charge is 0.306 e. The summed E-state index contributed by atoms with van der Waals surface area (Å²) in [7, 11) is 1.80. The van der Waals surface area contributed by atoms with Gasteiger partial charge in [0.05, 0.1) is 13.0 Å². The standard InChI is InChI=1S/C12H23NO3/c1-5-10(6-2)13(4)11(14)8-9-12(15)16-7-3/h10H,5-9H2,1-4H3. The second kappa shape index (κ2) is 8.13. The van der Waals surface area contributed by atoms with E-state index >= 15 is 0 Å². The van der Waals surface area contributed by atoms with Crippen LogP contribution in [0, 0.1) is 0 Å². The Bertz CT molecular complexity index is 224. The van der Waals surface area contributed by atoms with Crippen molar-refractivity contribution in [3.05, 3.63) is 0 Å². The zero-order valence-electron chi connectivity index (χ0n) is 10.8. The minimum atomic E-state index is -0.297. The summed E-state index contributed by atoms with van der Waals surface area (Å²) >= 11 is 0. The average molecular weight is 229 g/mol. The Hall–Kier alpha value is -1.06. The number of hydrogen-bond donors (Lipinski definition) is 0. The molecule has 0 heterocycles. The Morgan fingerprint density at radius 1 is 1.12 bits per heavy atom. The Labute approximate surface area is 98.0 Å². The van der Waals surface area contributed by atoms with E-state index in [1.807, 2.05) is 0 Å². The molecule has 0 aromatic heterocycles. The van der Waals surface area contributed by atoms with Crippen LogP contribution in [0.25, 0.3) is 0 Å². The summed E-state index contributed by atoms with van der Waals surface area (Å²) in [6.07, 6.45) is 2.30. The number of rotatable bonds is 7. The van der Waals surface area contributed by atoms with Gasteiger partial charge in [-0.2, -0.15) is 0 Å². The first-order chi connectivity index (χ1) is 7.56. The molecule has 94 valence electrons. The summed E-state index contributed by atoms with van der Waals surface area (Å²) in [5, 5.41) is 0. The molecule has 0 spiro atoms. The highest BCUT2D eigenvalue weighted by molar-refractivity contribution is 5.81. The fourth-order valence-electron chi connectivity index (χ4n) is 1.66. The summed E-state index contributed by atoms with van der Waals surface area (Å²) in [6.45, 7) is 6.25. The van der Waals surface area contributed by atoms with Crippen molar-refractivity contribution in [3.8, 4) is 0 Å². The number of amides is 1. The Balaban J connectivity index is 4.00. The number of nitrogens with zero attached hydrogens (tertiary/aromatic N) is 1. The average Bonchev–Trinajstić information content (AvgIpc) is 2.27. The van der Waals surface area contributed by atoms with Crippen LogP contribution >= 0.6 is 0 Å². The van der Waals surface area contributed by atoms with Gasteiger partial charge in [0.25, 0.3) is 0 Å². The van der Waals surface area contributed by atoms with Gasteiger partial charge in [-0.3, -0.25) is 9.59 Å². The van der Waals surface area contributed by atoms with Crippen LogP contribution in [-0.4, -0.2) is 36.5 Å². The molecule has 0 saturated heterocycles. The first kappa shape index (κ1) is 14.9. The van der Waals surface area contributed by atoms with Gasteiger partial charge in [-0.1, -0.05) is 13.8 Å². The van der Waals surface area contributed by atoms with E-state index in [4.69, 9.17) is 4.74 Å². The summed E-state index contributed by atoms with van der Waals surface area (Å²) in [4.78, 5) is 24.6. The quantitative estimate of drug-likeness (QED) is 0.627. The van der Waals surface area contributed by atoms with Crippen LogP contribution in [0.2, 0.25) is 0 Å². The zero-order valence-corrected chi connectivity index (χ0v) is 10.8. The van der Waals surface area contributed by atoms with Crippen LogP contribution < -0.4 is 0 Å². The van der Waals surface area contributed by atoms with Crippen molar-refractivity contribution in [1.29, 1.82) is 0 Å². The molecule has 0 unspecified atom stereocenters. The van der Waals surface area contributed by atoms with Gasteiger partial charge in [0.2, 0.25) is 5.91 Å². The molecule has 4 nitrogen and oxygen atoms in total. The molecule has 0 saturated carbocycles. The van der Waals surface area contributed by atoms with E-state index in [1.165, 1.54) is 0 Å². The van der Waals surface area contributed by atoms with Crippen LogP contribution in [0.15, 0.2) is 0 Å². The Morgan fingerprint density at radius 3 is 2.12 bits per heavy atom. The molecule has 0 aromatic carbocycles. The third-order valence-electron chi connectivity index (χ3n) is 2.73. The van der Waals surface area contributed by atoms with Gasteiger partial charge >= 0.3 is 5.97 Å². The number of esters is 1. The maximum atomic E-state index is 11.7. The van der Waals surface area contributed by atoms with E-state index in [-0.39, 0.29) is 30.8 Å². The fraction of sp³-hybridized carbons (Fsp3) is 0.833. The highest BCUT2D eigenvalue weighted by atomic mass is 16.5. The van der Waals surface area contributed by atoms with Crippen molar-refractivity contribution in [1.82, 2.24) is 4.90 Å². The van der Waals surface area contributed by atoms with Gasteiger partial charge in [-0.25, -0.2) is 0 Å². The lowest BCUT2D eigenvalue weighted by Gasteiger charge is -2.26. The van der Waals surface area contributed by atoms with Gasteiger partial charge in [0.15, 0.2) is 0 Å². The minimum Gasteiger partial charge on any atom is -0.466 e. The van der Waals surface area contributed by atoms with E-state index in [9.17, 15) is 9.59 Å². The highest BCUT2D eigenvalue weighted by Crippen LogP contribution is 2.08. The van der Waals surface area contributed by atoms with E-state index < -0.39 is 0 Å². The molecule has 0 aromatic rings. The molecule has 0 N–H and O–H groups in total. The maximum absolute atomic E-state index is 11.7. The predicted molar refractivity (Wildman–Crippen MR) is 63.0 cm³/mol. The highest BCUT2D eigenvalue weighted by Gasteiger charge is 2.17. The second-order valence-electron chi connectivity index (χ2n) is 3.78. The normalized spacial score (nSPS) is 10.3. The summed E-state index contributed by atoms with van der Waals surface area (Å²) in [5.41, 5.74) is 0. The van der Waals surface area contributed by atoms with Crippen LogP contribution in [-0.2, 0) is 14.3 Å². The topological polar surface area (TPSA) is 46.6 Å². The lowest BCUT2D eigenvalue weighted by atomic mass is 10.1. The first-order valence-electron chi connectivity index (χ1n) is 5.97. The molecule has 0 bridgehead atoms. The number of carbonyl (C=O) groups is 2. The van der Waals surface area contributed by atoms with Gasteiger partial charge < -0.3 is 9.64 Å². The van der Waals surface area contributed by atoms with Gasteiger partial charge in [-0.05, 0) is 19.8 Å². The molecule has 0 atom stereocenters. The summed E-state index contributed by atoms with van der Waals surface area (Å²) in [5.74, 6) is -0.282. The van der Waals surface area contributed by atoms with Crippen molar-refractivity contribution >= 4 is 11.9 Å². The molecular weight excluding hydrogens is 206 g/mol. The molecule has 0 radical (unpaired) electrons. The van der Waals surface area contributed by atoms with E-state index in [2.05, 4.69) is 13.8 Å². The van der Waals surface area contributed by atoms with Gasteiger partial charge in [-0.15, -0.1) is 0 Å². The summed E-state index contributed by atoms with van der Waals surface area (Å²) < 4.78 is 4.78. The monoisotopic (exact) mass is 229 g/mol. The van der Waals surface area contributed by atoms with E-state index in [0.29, 0.717) is 6.61 Å². The number of carbonyl (C=O) groups excluding carboxylic acids is 2. The first-order valence-corrected chi connectivity index (χ1v) is 5.97. The third-order valence-corrected chi connectivity index (χ3v) is 2.73. The van der Waals surface area contributed by atoms with Gasteiger partial charge in [0.1, 0.15) is 0 Å². The second-order valence-corrected chi connectivity index (χ2v) is 3.78. The van der Waals surface area contributed by atoms with Crippen molar-refractivity contribution < 1.29 is 14.3 Å². The Morgan fingerprint density at radius 2 is 1.69 bits per heavy atom. The largest absolute Gasteiger partial charge is 0.466 e. The minimum absolute atomic E-state index is 0.0155. The molecule has 0 aliphatic rings. The fourth-order valence-corrected chi connectivity index (χ4v) is 1.66. The van der Waals surface area contributed by atoms with Crippen LogP contribution in [0.1, 0.15) is 46.5 Å². The SMILES string of the molecule is CCOC(=O)CCC(=O)N(C)C(CC)CC. The zero-order chi connectivity index (χ0) is 12.6. The van der Waals surface area contributed by atoms with E-state index in [1.54, 1.807) is 18.9 Å². The van der Waals surface area contributed by atoms with E-state index in [0.717, 1.165) is 12.8 Å².